The van der Waals surface area contributed by atoms with Crippen LogP contribution in [0.25, 0.3) is 0 Å². The van der Waals surface area contributed by atoms with Crippen LogP contribution < -0.4 is 0 Å². The predicted octanol–water partition coefficient (Wildman–Crippen LogP) is 12.6. The molecule has 1 aliphatic heterocycles. The summed E-state index contributed by atoms with van der Waals surface area (Å²) in [5.41, 5.74) is 0. The number of nitrogens with zero attached hydrogens (tertiary/aromatic N) is 1. The van der Waals surface area contributed by atoms with E-state index in [1.165, 1.54) is 136 Å². The number of hydrogen-bond acceptors (Lipinski definition) is 5. The van der Waals surface area contributed by atoms with Crippen molar-refractivity contribution in [1.82, 2.24) is 4.90 Å². The van der Waals surface area contributed by atoms with E-state index in [0.29, 0.717) is 13.2 Å². The van der Waals surface area contributed by atoms with Crippen LogP contribution in [0.2, 0.25) is 0 Å². The molecule has 0 spiro atoms. The Bertz CT molecular complexity index is 815. The van der Waals surface area contributed by atoms with Gasteiger partial charge in [-0.2, -0.15) is 0 Å². The molecule has 5 heteroatoms. The minimum Gasteiger partial charge on any atom is -0.468 e. The number of hydrogen-bond donors (Lipinski definition) is 0. The lowest BCUT2D eigenvalue weighted by Gasteiger charge is -2.29. The van der Waals surface area contributed by atoms with Crippen molar-refractivity contribution in [2.24, 2.45) is 0 Å². The number of carbonyl (C=O) groups excluding carboxylic acids is 1. The van der Waals surface area contributed by atoms with Gasteiger partial charge in [-0.1, -0.05) is 140 Å². The average molecular weight is 686 g/mol. The molecule has 0 aromatic carbocycles. The van der Waals surface area contributed by atoms with Gasteiger partial charge in [-0.3, -0.25) is 9.69 Å². The third kappa shape index (κ3) is 27.7. The zero-order valence-electron chi connectivity index (χ0n) is 32.8. The molecule has 0 radical (unpaired) electrons. The Morgan fingerprint density at radius 1 is 0.633 bits per heavy atom. The summed E-state index contributed by atoms with van der Waals surface area (Å²) in [5.74, 6) is -0.670. The van der Waals surface area contributed by atoms with Crippen LogP contribution in [0.15, 0.2) is 48.6 Å². The lowest BCUT2D eigenvalue weighted by molar-refractivity contribution is -0.180. The fourth-order valence-corrected chi connectivity index (χ4v) is 6.56. The molecular weight excluding hydrogens is 606 g/mol. The SMILES string of the molecule is CCCCC/C=C\C/C=C\CCCCCCCCC1(CCCCCCCC/C=C\C/C=C\CCCCC)OC[C@H](CN(C)CC(=O)OC)O1. The Morgan fingerprint density at radius 2 is 1.04 bits per heavy atom. The topological polar surface area (TPSA) is 48.0 Å². The minimum absolute atomic E-state index is 0.00358. The second kappa shape index (κ2) is 33.5. The highest BCUT2D eigenvalue weighted by Gasteiger charge is 2.40. The van der Waals surface area contributed by atoms with E-state index in [2.05, 4.69) is 62.5 Å². The molecule has 5 nitrogen and oxygen atoms in total. The number of unbranched alkanes of at least 4 members (excludes halogenated alkanes) is 18. The van der Waals surface area contributed by atoms with E-state index in [-0.39, 0.29) is 18.6 Å². The van der Waals surface area contributed by atoms with Crippen LogP contribution in [0.1, 0.15) is 181 Å². The van der Waals surface area contributed by atoms with Crippen molar-refractivity contribution < 1.29 is 19.0 Å². The number of allylic oxidation sites excluding steroid dienone is 8. The summed E-state index contributed by atoms with van der Waals surface area (Å²) in [4.78, 5) is 13.7. The van der Waals surface area contributed by atoms with Crippen LogP contribution in [-0.4, -0.2) is 56.6 Å². The summed E-state index contributed by atoms with van der Waals surface area (Å²) < 4.78 is 17.9. The first-order valence-electron chi connectivity index (χ1n) is 20.7. The van der Waals surface area contributed by atoms with Gasteiger partial charge in [0, 0.05) is 19.4 Å². The molecule has 0 N–H and O–H groups in total. The summed E-state index contributed by atoms with van der Waals surface area (Å²) in [6.45, 7) is 6.09. The first kappa shape index (κ1) is 45.3. The van der Waals surface area contributed by atoms with Crippen LogP contribution >= 0.6 is 0 Å². The van der Waals surface area contributed by atoms with Crippen molar-refractivity contribution in [2.45, 2.75) is 193 Å². The van der Waals surface area contributed by atoms with Gasteiger partial charge in [-0.25, -0.2) is 0 Å². The molecule has 0 bridgehead atoms. The van der Waals surface area contributed by atoms with E-state index in [1.807, 2.05) is 11.9 Å². The maximum Gasteiger partial charge on any atom is 0.319 e. The smallest absolute Gasteiger partial charge is 0.319 e. The molecule has 0 unspecified atom stereocenters. The maximum atomic E-state index is 11.7. The lowest BCUT2D eigenvalue weighted by Crippen LogP contribution is -2.37. The highest BCUT2D eigenvalue weighted by atomic mass is 16.7. The Labute approximate surface area is 304 Å². The van der Waals surface area contributed by atoms with E-state index in [0.717, 1.165) is 38.5 Å². The van der Waals surface area contributed by atoms with E-state index in [4.69, 9.17) is 14.2 Å². The molecular formula is C44H79NO4. The third-order valence-corrected chi connectivity index (χ3v) is 9.57. The van der Waals surface area contributed by atoms with Gasteiger partial charge in [0.05, 0.1) is 26.4 Å². The van der Waals surface area contributed by atoms with E-state index < -0.39 is 5.79 Å². The summed E-state index contributed by atoms with van der Waals surface area (Å²) in [7, 11) is 3.39. The monoisotopic (exact) mass is 686 g/mol. The highest BCUT2D eigenvalue weighted by molar-refractivity contribution is 5.71. The second-order valence-electron chi connectivity index (χ2n) is 14.4. The van der Waals surface area contributed by atoms with Crippen LogP contribution in [0.3, 0.4) is 0 Å². The number of methoxy groups -OCH3 is 1. The van der Waals surface area contributed by atoms with Crippen LogP contribution in [0.5, 0.6) is 0 Å². The minimum atomic E-state index is -0.457. The van der Waals surface area contributed by atoms with Crippen LogP contribution in [-0.2, 0) is 19.0 Å². The Morgan fingerprint density at radius 3 is 1.47 bits per heavy atom. The summed E-state index contributed by atoms with van der Waals surface area (Å²) in [5, 5.41) is 0. The van der Waals surface area contributed by atoms with Crippen LogP contribution in [0.4, 0.5) is 0 Å². The number of rotatable bonds is 34. The normalized spacial score (nSPS) is 16.5. The molecule has 0 aliphatic carbocycles. The molecule has 1 rings (SSSR count). The summed E-state index contributed by atoms with van der Waals surface area (Å²) in [6, 6.07) is 0. The van der Waals surface area contributed by atoms with Gasteiger partial charge in [0.15, 0.2) is 5.79 Å². The van der Waals surface area contributed by atoms with Gasteiger partial charge in [0.1, 0.15) is 0 Å². The zero-order valence-corrected chi connectivity index (χ0v) is 32.8. The third-order valence-electron chi connectivity index (χ3n) is 9.57. The maximum absolute atomic E-state index is 11.7. The van der Waals surface area contributed by atoms with Gasteiger partial charge in [0.25, 0.3) is 0 Å². The molecule has 49 heavy (non-hydrogen) atoms. The Hall–Kier alpha value is -1.69. The second-order valence-corrected chi connectivity index (χ2v) is 14.4. The molecule has 1 atom stereocenters. The molecule has 0 aromatic heterocycles. The Balaban J connectivity index is 2.27. The van der Waals surface area contributed by atoms with Gasteiger partial charge in [0.2, 0.25) is 0 Å². The number of carbonyl (C=O) groups is 1. The average Bonchev–Trinajstić information content (AvgIpc) is 3.49. The summed E-state index contributed by atoms with van der Waals surface area (Å²) in [6.07, 6.45) is 50.8. The molecule has 0 aromatic rings. The van der Waals surface area contributed by atoms with Crippen molar-refractivity contribution in [3.05, 3.63) is 48.6 Å². The quantitative estimate of drug-likeness (QED) is 0.0383. The summed E-state index contributed by atoms with van der Waals surface area (Å²) >= 11 is 0. The molecule has 1 heterocycles. The van der Waals surface area contributed by atoms with Crippen LogP contribution in [0, 0.1) is 0 Å². The first-order valence-corrected chi connectivity index (χ1v) is 20.7. The van der Waals surface area contributed by atoms with Gasteiger partial charge in [-0.05, 0) is 84.1 Å². The van der Waals surface area contributed by atoms with Gasteiger partial charge in [-0.15, -0.1) is 0 Å². The molecule has 1 aliphatic rings. The lowest BCUT2D eigenvalue weighted by atomic mass is 9.98. The van der Waals surface area contributed by atoms with Gasteiger partial charge >= 0.3 is 5.97 Å². The van der Waals surface area contributed by atoms with Crippen molar-refractivity contribution in [3.8, 4) is 0 Å². The van der Waals surface area contributed by atoms with Gasteiger partial charge < -0.3 is 14.2 Å². The largest absolute Gasteiger partial charge is 0.468 e. The number of likely N-dealkylation sites (N-methyl/N-ethyl adjacent to an activating group) is 1. The molecule has 1 saturated heterocycles. The van der Waals surface area contributed by atoms with Crippen molar-refractivity contribution >= 4 is 5.97 Å². The van der Waals surface area contributed by atoms with E-state index in [9.17, 15) is 4.79 Å². The Kier molecular flexibility index (Phi) is 30.9. The number of esters is 1. The fraction of sp³-hybridized carbons (Fsp3) is 0.795. The van der Waals surface area contributed by atoms with Crippen molar-refractivity contribution in [1.29, 1.82) is 0 Å². The zero-order chi connectivity index (χ0) is 35.5. The standard InChI is InChI=1S/C44H79NO4/c1-5-7-9-11-13-15-17-19-21-23-25-27-29-31-33-35-37-44(48-41-42(49-44)39-45(3)40-43(46)47-4)38-36-34-32-30-28-26-24-22-20-18-16-14-12-10-8-6-2/h13-16,19-22,42H,5-12,17-18,23-41H2,1-4H3/b15-13-,16-14-,21-19-,22-20-/t42-/m0/s1. The fourth-order valence-electron chi connectivity index (χ4n) is 6.56. The molecule has 0 amide bonds. The first-order chi connectivity index (χ1) is 24.0. The highest BCUT2D eigenvalue weighted by Crippen LogP contribution is 2.35. The molecule has 1 fully saturated rings. The van der Waals surface area contributed by atoms with Crippen molar-refractivity contribution in [3.63, 3.8) is 0 Å². The predicted molar refractivity (Wildman–Crippen MR) is 211 cm³/mol. The molecule has 0 saturated carbocycles. The van der Waals surface area contributed by atoms with E-state index in [1.54, 1.807) is 0 Å². The molecule has 284 valence electrons. The van der Waals surface area contributed by atoms with E-state index >= 15 is 0 Å². The van der Waals surface area contributed by atoms with Crippen molar-refractivity contribution in [2.75, 3.05) is 33.9 Å². The number of ether oxygens (including phenoxy) is 3.